The predicted octanol–water partition coefficient (Wildman–Crippen LogP) is 3.87. The van der Waals surface area contributed by atoms with E-state index >= 15 is 0 Å². The van der Waals surface area contributed by atoms with Gasteiger partial charge in [-0.15, -0.1) is 0 Å². The maximum atomic E-state index is 10.9. The normalized spacial score (nSPS) is 10.1. The van der Waals surface area contributed by atoms with Crippen molar-refractivity contribution in [1.29, 1.82) is 0 Å². The lowest BCUT2D eigenvalue weighted by Crippen LogP contribution is -2.22. The van der Waals surface area contributed by atoms with Gasteiger partial charge in [0.25, 0.3) is 0 Å². The molecule has 0 saturated heterocycles. The lowest BCUT2D eigenvalue weighted by molar-refractivity contribution is -0.107. The molecule has 2 nitrogen and oxygen atoms in total. The highest BCUT2D eigenvalue weighted by molar-refractivity contribution is 9.10. The Balaban J connectivity index is 2.86. The molecule has 1 aromatic carbocycles. The average molecular weight is 291 g/mol. The fourth-order valence-corrected chi connectivity index (χ4v) is 2.18. The zero-order valence-electron chi connectivity index (χ0n) is 8.54. The first-order chi connectivity index (χ1) is 7.19. The van der Waals surface area contributed by atoms with E-state index in [0.29, 0.717) is 5.02 Å². The molecule has 0 heterocycles. The summed E-state index contributed by atoms with van der Waals surface area (Å²) < 4.78 is 0.846. The van der Waals surface area contributed by atoms with E-state index in [1.807, 2.05) is 6.07 Å². The molecule has 82 valence electrons. The lowest BCUT2D eigenvalue weighted by Gasteiger charge is -2.18. The van der Waals surface area contributed by atoms with E-state index < -0.39 is 0 Å². The second-order valence-corrected chi connectivity index (χ2v) is 4.54. The highest BCUT2D eigenvalue weighted by atomic mass is 79.9. The van der Waals surface area contributed by atoms with Crippen molar-refractivity contribution in [2.45, 2.75) is 19.8 Å². The average Bonchev–Trinajstić information content (AvgIpc) is 2.21. The summed E-state index contributed by atoms with van der Waals surface area (Å²) in [5.74, 6) is 0. The van der Waals surface area contributed by atoms with Crippen LogP contribution in [-0.2, 0) is 4.79 Å². The number of hydrogen-bond acceptors (Lipinski definition) is 1. The minimum atomic E-state index is 0.659. The van der Waals surface area contributed by atoms with Crippen LogP contribution in [0.5, 0.6) is 0 Å². The van der Waals surface area contributed by atoms with Gasteiger partial charge < -0.3 is 4.90 Å². The standard InChI is InChI=1S/C11H13BrClNO/c1-2-3-6-14(8-15)11-5-4-9(13)7-10(11)12/h4-5,7-8H,2-3,6H2,1H3. The van der Waals surface area contributed by atoms with Crippen LogP contribution in [0, 0.1) is 0 Å². The number of benzene rings is 1. The van der Waals surface area contributed by atoms with E-state index in [9.17, 15) is 4.79 Å². The topological polar surface area (TPSA) is 20.3 Å². The zero-order chi connectivity index (χ0) is 11.3. The number of amides is 1. The maximum Gasteiger partial charge on any atom is 0.214 e. The smallest absolute Gasteiger partial charge is 0.214 e. The molecule has 0 N–H and O–H groups in total. The van der Waals surface area contributed by atoms with Crippen LogP contribution in [-0.4, -0.2) is 13.0 Å². The van der Waals surface area contributed by atoms with Crippen molar-refractivity contribution >= 4 is 39.6 Å². The molecule has 0 fully saturated rings. The van der Waals surface area contributed by atoms with Crippen molar-refractivity contribution in [3.63, 3.8) is 0 Å². The van der Waals surface area contributed by atoms with Gasteiger partial charge in [0.2, 0.25) is 6.41 Å². The number of unbranched alkanes of at least 4 members (excludes halogenated alkanes) is 1. The molecule has 0 saturated carbocycles. The highest BCUT2D eigenvalue weighted by Gasteiger charge is 2.08. The molecule has 0 aliphatic carbocycles. The quantitative estimate of drug-likeness (QED) is 0.754. The van der Waals surface area contributed by atoms with Crippen LogP contribution in [0.25, 0.3) is 0 Å². The Labute approximate surface area is 103 Å². The Hall–Kier alpha value is -0.540. The maximum absolute atomic E-state index is 10.9. The lowest BCUT2D eigenvalue weighted by atomic mass is 10.2. The summed E-state index contributed by atoms with van der Waals surface area (Å²) in [6, 6.07) is 5.42. The molecule has 0 aliphatic rings. The number of carbonyl (C=O) groups excluding carboxylic acids is 1. The van der Waals surface area contributed by atoms with Gasteiger partial charge in [-0.2, -0.15) is 0 Å². The Morgan fingerprint density at radius 2 is 2.27 bits per heavy atom. The summed E-state index contributed by atoms with van der Waals surface area (Å²) in [6.45, 7) is 2.83. The van der Waals surface area contributed by atoms with E-state index in [2.05, 4.69) is 22.9 Å². The first kappa shape index (κ1) is 12.5. The van der Waals surface area contributed by atoms with Gasteiger partial charge in [-0.3, -0.25) is 4.79 Å². The largest absolute Gasteiger partial charge is 0.314 e. The number of halogens is 2. The van der Waals surface area contributed by atoms with Gasteiger partial charge in [0.15, 0.2) is 0 Å². The molecule has 0 bridgehead atoms. The van der Waals surface area contributed by atoms with Gasteiger partial charge in [-0.05, 0) is 40.5 Å². The molecule has 15 heavy (non-hydrogen) atoms. The summed E-state index contributed by atoms with van der Waals surface area (Å²) >= 11 is 9.23. The Kier molecular flexibility index (Phi) is 5.12. The Morgan fingerprint density at radius 3 is 2.80 bits per heavy atom. The second kappa shape index (κ2) is 6.13. The Bertz CT molecular complexity index is 343. The number of hydrogen-bond donors (Lipinski definition) is 0. The van der Waals surface area contributed by atoms with Crippen molar-refractivity contribution in [1.82, 2.24) is 0 Å². The Morgan fingerprint density at radius 1 is 1.53 bits per heavy atom. The molecule has 1 amide bonds. The monoisotopic (exact) mass is 289 g/mol. The van der Waals surface area contributed by atoms with E-state index in [0.717, 1.165) is 36.0 Å². The van der Waals surface area contributed by atoms with Crippen LogP contribution in [0.2, 0.25) is 5.02 Å². The summed E-state index contributed by atoms with van der Waals surface area (Å²) in [4.78, 5) is 12.6. The third-order valence-corrected chi connectivity index (χ3v) is 2.97. The number of anilines is 1. The third-order valence-electron chi connectivity index (χ3n) is 2.10. The van der Waals surface area contributed by atoms with E-state index in [1.54, 1.807) is 17.0 Å². The van der Waals surface area contributed by atoms with Crippen molar-refractivity contribution in [3.8, 4) is 0 Å². The molecule has 0 aliphatic heterocycles. The molecule has 0 aromatic heterocycles. The number of nitrogens with zero attached hydrogens (tertiary/aromatic N) is 1. The molecular formula is C11H13BrClNO. The van der Waals surface area contributed by atoms with Gasteiger partial charge >= 0.3 is 0 Å². The van der Waals surface area contributed by atoms with E-state index in [4.69, 9.17) is 11.6 Å². The van der Waals surface area contributed by atoms with Crippen LogP contribution < -0.4 is 4.90 Å². The minimum Gasteiger partial charge on any atom is -0.314 e. The molecule has 0 radical (unpaired) electrons. The number of rotatable bonds is 5. The SMILES string of the molecule is CCCCN(C=O)c1ccc(Cl)cc1Br. The first-order valence-electron chi connectivity index (χ1n) is 4.86. The van der Waals surface area contributed by atoms with Crippen molar-refractivity contribution in [2.75, 3.05) is 11.4 Å². The van der Waals surface area contributed by atoms with Crippen LogP contribution in [0.15, 0.2) is 22.7 Å². The molecule has 0 atom stereocenters. The zero-order valence-corrected chi connectivity index (χ0v) is 10.9. The van der Waals surface area contributed by atoms with Crippen molar-refractivity contribution < 1.29 is 4.79 Å². The predicted molar refractivity (Wildman–Crippen MR) is 67.5 cm³/mol. The molecule has 1 rings (SSSR count). The molecule has 1 aromatic rings. The molecule has 0 unspecified atom stereocenters. The fraction of sp³-hybridized carbons (Fsp3) is 0.364. The molecular weight excluding hydrogens is 277 g/mol. The third kappa shape index (κ3) is 3.50. The second-order valence-electron chi connectivity index (χ2n) is 3.25. The van der Waals surface area contributed by atoms with Gasteiger partial charge in [0, 0.05) is 16.0 Å². The molecule has 4 heteroatoms. The highest BCUT2D eigenvalue weighted by Crippen LogP contribution is 2.28. The first-order valence-corrected chi connectivity index (χ1v) is 6.03. The van der Waals surface area contributed by atoms with Gasteiger partial charge in [-0.1, -0.05) is 24.9 Å². The van der Waals surface area contributed by atoms with Gasteiger partial charge in [0.05, 0.1) is 5.69 Å². The minimum absolute atomic E-state index is 0.659. The number of carbonyl (C=O) groups is 1. The summed E-state index contributed by atoms with van der Waals surface area (Å²) in [7, 11) is 0. The summed E-state index contributed by atoms with van der Waals surface area (Å²) in [6.07, 6.45) is 2.91. The van der Waals surface area contributed by atoms with E-state index in [-0.39, 0.29) is 0 Å². The van der Waals surface area contributed by atoms with Crippen LogP contribution in [0.4, 0.5) is 5.69 Å². The van der Waals surface area contributed by atoms with Crippen LogP contribution >= 0.6 is 27.5 Å². The van der Waals surface area contributed by atoms with Gasteiger partial charge in [0.1, 0.15) is 0 Å². The van der Waals surface area contributed by atoms with Crippen LogP contribution in [0.1, 0.15) is 19.8 Å². The van der Waals surface area contributed by atoms with Crippen LogP contribution in [0.3, 0.4) is 0 Å². The summed E-state index contributed by atoms with van der Waals surface area (Å²) in [5, 5.41) is 0.659. The van der Waals surface area contributed by atoms with Crippen molar-refractivity contribution in [2.24, 2.45) is 0 Å². The van der Waals surface area contributed by atoms with Gasteiger partial charge in [-0.25, -0.2) is 0 Å². The molecule has 0 spiro atoms. The fourth-order valence-electron chi connectivity index (χ4n) is 1.27. The summed E-state index contributed by atoms with van der Waals surface area (Å²) in [5.41, 5.74) is 0.864. The van der Waals surface area contributed by atoms with Crippen molar-refractivity contribution in [3.05, 3.63) is 27.7 Å². The van der Waals surface area contributed by atoms with E-state index in [1.165, 1.54) is 0 Å².